The van der Waals surface area contributed by atoms with Crippen molar-refractivity contribution in [3.05, 3.63) is 46.5 Å². The van der Waals surface area contributed by atoms with Crippen molar-refractivity contribution in [2.24, 2.45) is 0 Å². The first kappa shape index (κ1) is 21.8. The van der Waals surface area contributed by atoms with Gasteiger partial charge in [-0.15, -0.1) is 11.3 Å². The number of unbranched alkanes of at least 4 members (excludes halogenated alkanes) is 2. The zero-order chi connectivity index (χ0) is 20.4. The van der Waals surface area contributed by atoms with E-state index in [1.54, 1.807) is 5.38 Å². The number of rotatable bonds is 11. The van der Waals surface area contributed by atoms with Crippen molar-refractivity contribution >= 4 is 34.1 Å². The fourth-order valence-corrected chi connectivity index (χ4v) is 3.35. The Labute approximate surface area is 169 Å². The van der Waals surface area contributed by atoms with Crippen LogP contribution in [0, 0.1) is 0 Å². The third-order valence-corrected chi connectivity index (χ3v) is 4.92. The van der Waals surface area contributed by atoms with E-state index in [0.717, 1.165) is 12.8 Å². The molecule has 28 heavy (non-hydrogen) atoms. The maximum atomic E-state index is 12.2. The van der Waals surface area contributed by atoms with Crippen molar-refractivity contribution in [1.82, 2.24) is 4.98 Å². The zero-order valence-corrected chi connectivity index (χ0v) is 17.1. The van der Waals surface area contributed by atoms with Gasteiger partial charge in [0.25, 0.3) is 0 Å². The van der Waals surface area contributed by atoms with Gasteiger partial charge < -0.3 is 10.1 Å². The van der Waals surface area contributed by atoms with Crippen LogP contribution in [0.5, 0.6) is 0 Å². The number of carbonyl (C=O) groups is 3. The number of carbonyl (C=O) groups excluding carboxylic acids is 3. The van der Waals surface area contributed by atoms with E-state index in [0.29, 0.717) is 16.4 Å². The van der Waals surface area contributed by atoms with Gasteiger partial charge >= 0.3 is 5.97 Å². The zero-order valence-electron chi connectivity index (χ0n) is 16.3. The van der Waals surface area contributed by atoms with Crippen molar-refractivity contribution in [1.29, 1.82) is 0 Å². The van der Waals surface area contributed by atoms with Gasteiger partial charge in [0.15, 0.2) is 10.9 Å². The molecule has 7 heteroatoms. The van der Waals surface area contributed by atoms with E-state index in [4.69, 9.17) is 4.74 Å². The molecule has 0 aliphatic carbocycles. The average molecular weight is 403 g/mol. The molecule has 1 amide bonds. The molecule has 0 atom stereocenters. The molecule has 1 heterocycles. The van der Waals surface area contributed by atoms with E-state index >= 15 is 0 Å². The summed E-state index contributed by atoms with van der Waals surface area (Å²) in [6.07, 6.45) is 4.71. The molecule has 1 N–H and O–H groups in total. The van der Waals surface area contributed by atoms with Crippen molar-refractivity contribution in [2.75, 3.05) is 5.32 Å². The summed E-state index contributed by atoms with van der Waals surface area (Å²) < 4.78 is 5.15. The normalized spacial score (nSPS) is 10.5. The Balaban J connectivity index is 1.72. The van der Waals surface area contributed by atoms with E-state index < -0.39 is 5.97 Å². The van der Waals surface area contributed by atoms with Gasteiger partial charge in [-0.2, -0.15) is 0 Å². The van der Waals surface area contributed by atoms with Crippen LogP contribution in [-0.2, 0) is 27.4 Å². The van der Waals surface area contributed by atoms with E-state index in [-0.39, 0.29) is 31.1 Å². The minimum absolute atomic E-state index is 0.0234. The molecular weight excluding hydrogens is 376 g/mol. The summed E-state index contributed by atoms with van der Waals surface area (Å²) in [6, 6.07) is 7.62. The van der Waals surface area contributed by atoms with Gasteiger partial charge in [0.2, 0.25) is 5.91 Å². The van der Waals surface area contributed by atoms with E-state index in [2.05, 4.69) is 17.2 Å². The minimum Gasteiger partial charge on any atom is -0.459 e. The Bertz CT molecular complexity index is 799. The molecule has 0 spiro atoms. The third-order valence-electron chi connectivity index (χ3n) is 4.12. The van der Waals surface area contributed by atoms with Gasteiger partial charge in [-0.05, 0) is 18.4 Å². The lowest BCUT2D eigenvalue weighted by molar-refractivity contribution is -0.145. The first-order chi connectivity index (χ1) is 13.5. The highest BCUT2D eigenvalue weighted by molar-refractivity contribution is 7.13. The quantitative estimate of drug-likeness (QED) is 0.339. The number of hydrogen-bond donors (Lipinski definition) is 1. The molecular formula is C21H26N2O4S. The van der Waals surface area contributed by atoms with E-state index in [9.17, 15) is 14.4 Å². The molecule has 0 aliphatic rings. The predicted molar refractivity (Wildman–Crippen MR) is 109 cm³/mol. The summed E-state index contributed by atoms with van der Waals surface area (Å²) in [5.74, 6) is -0.720. The molecule has 1 aromatic heterocycles. The van der Waals surface area contributed by atoms with Gasteiger partial charge in [0.05, 0.1) is 12.1 Å². The van der Waals surface area contributed by atoms with Crippen LogP contribution in [0.15, 0.2) is 29.6 Å². The number of ether oxygens (including phenoxy) is 1. The summed E-state index contributed by atoms with van der Waals surface area (Å²) in [5, 5.41) is 4.75. The van der Waals surface area contributed by atoms with Crippen molar-refractivity contribution < 1.29 is 19.1 Å². The Morgan fingerprint density at radius 2 is 1.86 bits per heavy atom. The second kappa shape index (κ2) is 11.3. The van der Waals surface area contributed by atoms with Crippen LogP contribution in [-0.4, -0.2) is 22.6 Å². The van der Waals surface area contributed by atoms with Crippen LogP contribution in [0.1, 0.15) is 67.6 Å². The maximum Gasteiger partial charge on any atom is 0.306 e. The fraction of sp³-hybridized carbons (Fsp3) is 0.429. The average Bonchev–Trinajstić information content (AvgIpc) is 3.12. The van der Waals surface area contributed by atoms with E-state index in [1.165, 1.54) is 36.7 Å². The van der Waals surface area contributed by atoms with Crippen molar-refractivity contribution in [3.8, 4) is 0 Å². The standard InChI is InChI=1S/C21H26N2O4S/c1-3-4-5-6-16-7-9-17(10-8-16)19(25)11-12-20(26)27-13-18-14-28-21(23-18)22-15(2)24/h7-10,14H,3-6,11-13H2,1-2H3,(H,22,23,24). The molecule has 150 valence electrons. The third kappa shape index (κ3) is 7.60. The number of hydrogen-bond acceptors (Lipinski definition) is 6. The minimum atomic E-state index is -0.446. The molecule has 0 aliphatic heterocycles. The highest BCUT2D eigenvalue weighted by Crippen LogP contribution is 2.16. The molecule has 6 nitrogen and oxygen atoms in total. The number of esters is 1. The maximum absolute atomic E-state index is 12.2. The first-order valence-corrected chi connectivity index (χ1v) is 10.4. The highest BCUT2D eigenvalue weighted by Gasteiger charge is 2.12. The lowest BCUT2D eigenvalue weighted by Gasteiger charge is -2.05. The highest BCUT2D eigenvalue weighted by atomic mass is 32.1. The van der Waals surface area contributed by atoms with Crippen LogP contribution in [0.3, 0.4) is 0 Å². The number of thiazole rings is 1. The molecule has 1 aromatic carbocycles. The van der Waals surface area contributed by atoms with Gasteiger partial charge in [-0.3, -0.25) is 14.4 Å². The summed E-state index contributed by atoms with van der Waals surface area (Å²) in [5.41, 5.74) is 2.41. The summed E-state index contributed by atoms with van der Waals surface area (Å²) >= 11 is 1.26. The molecule has 0 saturated carbocycles. The topological polar surface area (TPSA) is 85.4 Å². The summed E-state index contributed by atoms with van der Waals surface area (Å²) in [4.78, 5) is 39.2. The Morgan fingerprint density at radius 3 is 2.54 bits per heavy atom. The second-order valence-electron chi connectivity index (χ2n) is 6.56. The van der Waals surface area contributed by atoms with Crippen LogP contribution in [0.25, 0.3) is 0 Å². The number of Topliss-reactive ketones (excluding diaryl/α,β-unsaturated/α-hetero) is 1. The largest absolute Gasteiger partial charge is 0.459 e. The smallest absolute Gasteiger partial charge is 0.306 e. The lowest BCUT2D eigenvalue weighted by Crippen LogP contribution is -2.09. The number of aryl methyl sites for hydroxylation is 1. The van der Waals surface area contributed by atoms with Gasteiger partial charge in [-0.25, -0.2) is 4.98 Å². The van der Waals surface area contributed by atoms with Crippen LogP contribution in [0.4, 0.5) is 5.13 Å². The van der Waals surface area contributed by atoms with Crippen molar-refractivity contribution in [2.45, 2.75) is 59.0 Å². The predicted octanol–water partition coefficient (Wildman–Crippen LogP) is 4.54. The fourth-order valence-electron chi connectivity index (χ4n) is 2.60. The van der Waals surface area contributed by atoms with Gasteiger partial charge in [0, 0.05) is 24.3 Å². The monoisotopic (exact) mass is 402 g/mol. The lowest BCUT2D eigenvalue weighted by atomic mass is 10.0. The summed E-state index contributed by atoms with van der Waals surface area (Å²) in [7, 11) is 0. The van der Waals surface area contributed by atoms with Crippen LogP contribution >= 0.6 is 11.3 Å². The molecule has 2 aromatic rings. The second-order valence-corrected chi connectivity index (χ2v) is 7.42. The number of nitrogens with zero attached hydrogens (tertiary/aromatic N) is 1. The van der Waals surface area contributed by atoms with Gasteiger partial charge in [0.1, 0.15) is 6.61 Å². The van der Waals surface area contributed by atoms with E-state index in [1.807, 2.05) is 24.3 Å². The number of aromatic nitrogens is 1. The van der Waals surface area contributed by atoms with Crippen LogP contribution in [0.2, 0.25) is 0 Å². The number of ketones is 1. The first-order valence-electron chi connectivity index (χ1n) is 9.47. The number of benzene rings is 1. The van der Waals surface area contributed by atoms with Crippen molar-refractivity contribution in [3.63, 3.8) is 0 Å². The number of anilines is 1. The Hall–Kier alpha value is -2.54. The van der Waals surface area contributed by atoms with Gasteiger partial charge in [-0.1, -0.05) is 44.0 Å². The summed E-state index contributed by atoms with van der Waals surface area (Å²) in [6.45, 7) is 3.60. The molecule has 2 rings (SSSR count). The molecule has 0 saturated heterocycles. The molecule has 0 unspecified atom stereocenters. The number of amides is 1. The SMILES string of the molecule is CCCCCc1ccc(C(=O)CCC(=O)OCc2csc(NC(C)=O)n2)cc1. The molecule has 0 bridgehead atoms. The van der Waals surface area contributed by atoms with Crippen LogP contribution < -0.4 is 5.32 Å². The Kier molecular flexibility index (Phi) is 8.81. The Morgan fingerprint density at radius 1 is 1.11 bits per heavy atom. The molecule has 0 fully saturated rings. The molecule has 0 radical (unpaired) electrons. The number of nitrogens with one attached hydrogen (secondary N) is 1.